The van der Waals surface area contributed by atoms with E-state index in [0.29, 0.717) is 40.4 Å². The van der Waals surface area contributed by atoms with Crippen molar-refractivity contribution in [1.29, 1.82) is 0 Å². The summed E-state index contributed by atoms with van der Waals surface area (Å²) in [6.45, 7) is 1.05. The van der Waals surface area contributed by atoms with Crippen molar-refractivity contribution in [1.82, 2.24) is 15.0 Å². The van der Waals surface area contributed by atoms with Crippen molar-refractivity contribution in [3.05, 3.63) is 70.0 Å². The Hall–Kier alpha value is -2.37. The van der Waals surface area contributed by atoms with E-state index in [-0.39, 0.29) is 11.8 Å². The van der Waals surface area contributed by atoms with Crippen molar-refractivity contribution < 1.29 is 9.32 Å². The number of benzene rings is 2. The quantitative estimate of drug-likeness (QED) is 0.687. The summed E-state index contributed by atoms with van der Waals surface area (Å²) < 4.78 is 5.35. The van der Waals surface area contributed by atoms with Gasteiger partial charge in [-0.25, -0.2) is 0 Å². The Morgan fingerprint density at radius 1 is 1.08 bits per heavy atom. The predicted molar refractivity (Wildman–Crippen MR) is 94.8 cm³/mol. The lowest BCUT2D eigenvalue weighted by atomic mass is 9.98. The zero-order valence-electron chi connectivity index (χ0n) is 13.0. The van der Waals surface area contributed by atoms with Crippen LogP contribution in [0.25, 0.3) is 11.4 Å². The molecule has 1 amide bonds. The van der Waals surface area contributed by atoms with Crippen molar-refractivity contribution in [2.75, 3.05) is 13.1 Å². The van der Waals surface area contributed by atoms with Gasteiger partial charge in [-0.2, -0.15) is 4.98 Å². The first kappa shape index (κ1) is 16.1. The van der Waals surface area contributed by atoms with Gasteiger partial charge in [0, 0.05) is 34.3 Å². The molecule has 25 heavy (non-hydrogen) atoms. The minimum absolute atomic E-state index is 0.0450. The van der Waals surface area contributed by atoms with Gasteiger partial charge >= 0.3 is 0 Å². The summed E-state index contributed by atoms with van der Waals surface area (Å²) in [6, 6.07) is 14.5. The van der Waals surface area contributed by atoms with E-state index in [0.717, 1.165) is 5.56 Å². The van der Waals surface area contributed by atoms with E-state index in [2.05, 4.69) is 10.1 Å². The Morgan fingerprint density at radius 2 is 1.76 bits per heavy atom. The van der Waals surface area contributed by atoms with E-state index in [9.17, 15) is 4.79 Å². The maximum absolute atomic E-state index is 12.5. The van der Waals surface area contributed by atoms with Crippen LogP contribution in [0, 0.1) is 0 Å². The fourth-order valence-corrected chi connectivity index (χ4v) is 3.29. The maximum Gasteiger partial charge on any atom is 0.254 e. The van der Waals surface area contributed by atoms with Crippen molar-refractivity contribution in [3.63, 3.8) is 0 Å². The number of likely N-dealkylation sites (tertiary alicyclic amines) is 1. The van der Waals surface area contributed by atoms with Crippen LogP contribution in [-0.4, -0.2) is 34.0 Å². The van der Waals surface area contributed by atoms with Crippen LogP contribution < -0.4 is 0 Å². The average Bonchev–Trinajstić information content (AvgIpc) is 3.03. The molecule has 1 aliphatic heterocycles. The summed E-state index contributed by atoms with van der Waals surface area (Å²) >= 11 is 11.9. The van der Waals surface area contributed by atoms with E-state index in [1.54, 1.807) is 23.1 Å². The van der Waals surface area contributed by atoms with Gasteiger partial charge in [-0.3, -0.25) is 4.79 Å². The summed E-state index contributed by atoms with van der Waals surface area (Å²) in [5.41, 5.74) is 1.38. The lowest BCUT2D eigenvalue weighted by molar-refractivity contribution is 0.0569. The summed E-state index contributed by atoms with van der Waals surface area (Å²) in [5, 5.41) is 4.90. The lowest BCUT2D eigenvalue weighted by Crippen LogP contribution is -2.48. The molecule has 0 N–H and O–H groups in total. The molecular formula is C18H13Cl2N3O2. The number of rotatable bonds is 3. The highest BCUT2D eigenvalue weighted by Crippen LogP contribution is 2.30. The monoisotopic (exact) mass is 373 g/mol. The minimum atomic E-state index is -0.108. The van der Waals surface area contributed by atoms with Crippen LogP contribution in [0.4, 0.5) is 0 Å². The molecule has 1 saturated heterocycles. The fourth-order valence-electron chi connectivity index (χ4n) is 2.77. The van der Waals surface area contributed by atoms with E-state index in [1.165, 1.54) is 0 Å². The van der Waals surface area contributed by atoms with Gasteiger partial charge < -0.3 is 9.42 Å². The number of hydrogen-bond donors (Lipinski definition) is 0. The largest absolute Gasteiger partial charge is 0.339 e. The molecule has 0 atom stereocenters. The van der Waals surface area contributed by atoms with Crippen LogP contribution in [0.3, 0.4) is 0 Å². The molecular weight excluding hydrogens is 361 g/mol. The first-order valence-corrected chi connectivity index (χ1v) is 8.50. The molecule has 0 spiro atoms. The molecule has 0 saturated carbocycles. The van der Waals surface area contributed by atoms with Crippen molar-refractivity contribution in [2.24, 2.45) is 0 Å². The number of aromatic nitrogens is 2. The third-order valence-electron chi connectivity index (χ3n) is 4.10. The number of carbonyl (C=O) groups is 1. The zero-order chi connectivity index (χ0) is 17.4. The third kappa shape index (κ3) is 3.25. The fraction of sp³-hybridized carbons (Fsp3) is 0.167. The van der Waals surface area contributed by atoms with E-state index < -0.39 is 0 Å². The molecule has 0 aliphatic carbocycles. The molecule has 126 valence electrons. The molecule has 2 heterocycles. The van der Waals surface area contributed by atoms with Gasteiger partial charge in [0.05, 0.1) is 5.92 Å². The van der Waals surface area contributed by atoms with Gasteiger partial charge in [-0.15, -0.1) is 0 Å². The smallest absolute Gasteiger partial charge is 0.254 e. The summed E-state index contributed by atoms with van der Waals surface area (Å²) in [5.74, 6) is 1.04. The average molecular weight is 374 g/mol. The third-order valence-corrected chi connectivity index (χ3v) is 4.54. The van der Waals surface area contributed by atoms with Crippen molar-refractivity contribution >= 4 is 29.1 Å². The molecule has 5 nitrogen and oxygen atoms in total. The van der Waals surface area contributed by atoms with E-state index in [1.807, 2.05) is 30.3 Å². The van der Waals surface area contributed by atoms with Crippen LogP contribution in [0.15, 0.2) is 53.1 Å². The van der Waals surface area contributed by atoms with Crippen LogP contribution in [0.2, 0.25) is 10.0 Å². The number of carbonyl (C=O) groups excluding carboxylic acids is 1. The summed E-state index contributed by atoms with van der Waals surface area (Å²) in [6.07, 6.45) is 0. The normalized spacial score (nSPS) is 14.4. The molecule has 1 aromatic heterocycles. The molecule has 1 aliphatic rings. The molecule has 0 bridgehead atoms. The van der Waals surface area contributed by atoms with Gasteiger partial charge in [-0.1, -0.05) is 58.7 Å². The Kier molecular flexibility index (Phi) is 4.19. The van der Waals surface area contributed by atoms with Gasteiger partial charge in [-0.05, 0) is 18.2 Å². The molecule has 2 aromatic carbocycles. The molecule has 3 aromatic rings. The highest BCUT2D eigenvalue weighted by atomic mass is 35.5. The Morgan fingerprint density at radius 3 is 2.44 bits per heavy atom. The van der Waals surface area contributed by atoms with Gasteiger partial charge in [0.2, 0.25) is 11.7 Å². The number of halogens is 2. The second kappa shape index (κ2) is 6.50. The highest BCUT2D eigenvalue weighted by molar-refractivity contribution is 6.35. The summed E-state index contributed by atoms with van der Waals surface area (Å²) in [7, 11) is 0. The topological polar surface area (TPSA) is 59.2 Å². The van der Waals surface area contributed by atoms with Gasteiger partial charge in [0.25, 0.3) is 5.91 Å². The highest BCUT2D eigenvalue weighted by Gasteiger charge is 2.36. The lowest BCUT2D eigenvalue weighted by Gasteiger charge is -2.37. The number of nitrogens with zero attached hydrogens (tertiary/aromatic N) is 3. The Balaban J connectivity index is 1.44. The van der Waals surface area contributed by atoms with Crippen molar-refractivity contribution in [3.8, 4) is 11.4 Å². The maximum atomic E-state index is 12.5. The van der Waals surface area contributed by atoms with E-state index in [4.69, 9.17) is 27.7 Å². The zero-order valence-corrected chi connectivity index (χ0v) is 14.5. The first-order valence-electron chi connectivity index (χ1n) is 7.74. The first-order chi connectivity index (χ1) is 12.1. The number of amides is 1. The Labute approximate surface area is 154 Å². The molecule has 0 radical (unpaired) electrons. The second-order valence-corrected chi connectivity index (χ2v) is 6.76. The number of hydrogen-bond acceptors (Lipinski definition) is 4. The second-order valence-electron chi connectivity index (χ2n) is 5.89. The van der Waals surface area contributed by atoms with Crippen molar-refractivity contribution in [2.45, 2.75) is 5.92 Å². The standard InChI is InChI=1S/C18H13Cl2N3O2/c19-14-6-12(7-15(20)8-14)18(24)23-9-13(10-23)17-21-16(22-25-17)11-4-2-1-3-5-11/h1-8,13H,9-10H2. The predicted octanol–water partition coefficient (Wildman–Crippen LogP) is 4.28. The SMILES string of the molecule is O=C(c1cc(Cl)cc(Cl)c1)N1CC(c2nc(-c3ccccc3)no2)C1. The van der Waals surface area contributed by atoms with E-state index >= 15 is 0 Å². The van der Waals surface area contributed by atoms with Gasteiger partial charge in [0.1, 0.15) is 0 Å². The molecule has 1 fully saturated rings. The van der Waals surface area contributed by atoms with Gasteiger partial charge in [0.15, 0.2) is 0 Å². The molecule has 4 rings (SSSR count). The summed E-state index contributed by atoms with van der Waals surface area (Å²) in [4.78, 5) is 18.6. The van der Waals surface area contributed by atoms with Crippen LogP contribution in [0.1, 0.15) is 22.2 Å². The molecule has 7 heteroatoms. The Bertz CT molecular complexity index is 901. The van der Waals surface area contributed by atoms with Crippen LogP contribution in [-0.2, 0) is 0 Å². The minimum Gasteiger partial charge on any atom is -0.339 e. The van der Waals surface area contributed by atoms with Crippen LogP contribution in [0.5, 0.6) is 0 Å². The molecule has 0 unspecified atom stereocenters. The van der Waals surface area contributed by atoms with Crippen LogP contribution >= 0.6 is 23.2 Å².